The first-order valence-electron chi connectivity index (χ1n) is 6.37. The first-order chi connectivity index (χ1) is 8.80. The van der Waals surface area contributed by atoms with Gasteiger partial charge in [0.2, 0.25) is 0 Å². The minimum Gasteiger partial charge on any atom is -0.468 e. The monoisotopic (exact) mass is 268 g/mol. The molecular weight excluding hydrogens is 250 g/mol. The van der Waals surface area contributed by atoms with E-state index in [-0.39, 0.29) is 11.5 Å². The van der Waals surface area contributed by atoms with Crippen molar-refractivity contribution in [1.82, 2.24) is 0 Å². The van der Waals surface area contributed by atoms with Crippen molar-refractivity contribution < 1.29 is 18.3 Å². The van der Waals surface area contributed by atoms with Crippen molar-refractivity contribution in [2.24, 2.45) is 5.92 Å². The molecule has 2 nitrogen and oxygen atoms in total. The number of rotatable bonds is 4. The van der Waals surface area contributed by atoms with E-state index in [1.165, 1.54) is 19.2 Å². The zero-order valence-electron chi connectivity index (χ0n) is 11.4. The van der Waals surface area contributed by atoms with Crippen LogP contribution in [-0.2, 0) is 20.9 Å². The van der Waals surface area contributed by atoms with Gasteiger partial charge in [-0.2, -0.15) is 0 Å². The summed E-state index contributed by atoms with van der Waals surface area (Å²) < 4.78 is 32.5. The molecule has 104 valence electrons. The van der Waals surface area contributed by atoms with Crippen molar-refractivity contribution in [1.29, 1.82) is 0 Å². The summed E-state index contributed by atoms with van der Waals surface area (Å²) in [6.45, 7) is 3.43. The summed E-state index contributed by atoms with van der Waals surface area (Å²) in [6.07, 6.45) is 1.17. The largest absolute Gasteiger partial charge is 0.468 e. The van der Waals surface area contributed by atoms with E-state index in [1.807, 2.05) is 0 Å². The molecule has 0 saturated heterocycles. The summed E-state index contributed by atoms with van der Waals surface area (Å²) in [7, 11) is 1.32. The number of alkyl halides is 2. The fourth-order valence-electron chi connectivity index (χ4n) is 2.16. The molecule has 1 aromatic rings. The molecule has 0 bridgehead atoms. The van der Waals surface area contributed by atoms with Crippen molar-refractivity contribution >= 4 is 5.97 Å². The third-order valence-electron chi connectivity index (χ3n) is 3.78. The Morgan fingerprint density at radius 3 is 2.05 bits per heavy atom. The predicted molar refractivity (Wildman–Crippen MR) is 68.1 cm³/mol. The van der Waals surface area contributed by atoms with E-state index in [1.54, 1.807) is 26.0 Å². The third-order valence-corrected chi connectivity index (χ3v) is 3.78. The molecule has 0 radical (unpaired) electrons. The van der Waals surface area contributed by atoms with Crippen LogP contribution in [-0.4, -0.2) is 13.1 Å². The highest BCUT2D eigenvalue weighted by molar-refractivity contribution is 5.82. The lowest BCUT2D eigenvalue weighted by molar-refractivity contribution is -0.146. The second kappa shape index (κ2) is 4.58. The van der Waals surface area contributed by atoms with Crippen LogP contribution in [0.1, 0.15) is 37.8 Å². The van der Waals surface area contributed by atoms with Crippen LogP contribution in [0.25, 0.3) is 0 Å². The standard InChI is InChI=1S/C15H18F2O2/c1-14(2,13(18)19-3)10-4-6-11(7-5-10)15(16,17)12-8-9-12/h4-7,12H,8-9H2,1-3H3. The minimum atomic E-state index is -2.76. The maximum atomic E-state index is 13.9. The number of methoxy groups -OCH3 is 1. The van der Waals surface area contributed by atoms with E-state index >= 15 is 0 Å². The van der Waals surface area contributed by atoms with Gasteiger partial charge in [0.1, 0.15) is 0 Å². The lowest BCUT2D eigenvalue weighted by Gasteiger charge is -2.23. The Kier molecular flexibility index (Phi) is 3.37. The maximum absolute atomic E-state index is 13.9. The zero-order chi connectivity index (χ0) is 14.3. The van der Waals surface area contributed by atoms with Gasteiger partial charge < -0.3 is 4.74 Å². The summed E-state index contributed by atoms with van der Waals surface area (Å²) in [5, 5.41) is 0. The van der Waals surface area contributed by atoms with Crippen molar-refractivity contribution in [2.45, 2.75) is 38.0 Å². The Morgan fingerprint density at radius 1 is 1.16 bits per heavy atom. The average molecular weight is 268 g/mol. The smallest absolute Gasteiger partial charge is 0.315 e. The third kappa shape index (κ3) is 2.48. The lowest BCUT2D eigenvalue weighted by atomic mass is 9.84. The van der Waals surface area contributed by atoms with Gasteiger partial charge in [-0.3, -0.25) is 4.79 Å². The zero-order valence-corrected chi connectivity index (χ0v) is 11.4. The van der Waals surface area contributed by atoms with Crippen LogP contribution in [0.5, 0.6) is 0 Å². The molecule has 1 aromatic carbocycles. The number of esters is 1. The summed E-state index contributed by atoms with van der Waals surface area (Å²) in [6, 6.07) is 6.00. The number of halogens is 2. The number of hydrogen-bond acceptors (Lipinski definition) is 2. The predicted octanol–water partition coefficient (Wildman–Crippen LogP) is 3.64. The number of hydrogen-bond donors (Lipinski definition) is 0. The highest BCUT2D eigenvalue weighted by Crippen LogP contribution is 2.49. The second-order valence-electron chi connectivity index (χ2n) is 5.59. The summed E-state index contributed by atoms with van der Waals surface area (Å²) in [5.74, 6) is -3.66. The topological polar surface area (TPSA) is 26.3 Å². The Labute approximate surface area is 111 Å². The average Bonchev–Trinajstić information content (AvgIpc) is 3.22. The first kappa shape index (κ1) is 14.0. The Bertz CT molecular complexity index is 473. The van der Waals surface area contributed by atoms with Crippen molar-refractivity contribution in [3.8, 4) is 0 Å². The Hall–Kier alpha value is -1.45. The molecule has 2 rings (SSSR count). The van der Waals surface area contributed by atoms with Crippen LogP contribution in [0.2, 0.25) is 0 Å². The molecule has 0 N–H and O–H groups in total. The first-order valence-corrected chi connectivity index (χ1v) is 6.37. The number of benzene rings is 1. The SMILES string of the molecule is COC(=O)C(C)(C)c1ccc(C(F)(F)C2CC2)cc1. The van der Waals surface area contributed by atoms with Crippen LogP contribution in [0.4, 0.5) is 8.78 Å². The molecule has 0 spiro atoms. The molecule has 1 fully saturated rings. The molecule has 0 atom stereocenters. The minimum absolute atomic E-state index is 0.0272. The van der Waals surface area contributed by atoms with Crippen molar-refractivity contribution in [2.75, 3.05) is 7.11 Å². The fourth-order valence-corrected chi connectivity index (χ4v) is 2.16. The normalized spacial score (nSPS) is 16.3. The van der Waals surface area contributed by atoms with E-state index in [0.29, 0.717) is 18.4 Å². The van der Waals surface area contributed by atoms with E-state index in [2.05, 4.69) is 0 Å². The van der Waals surface area contributed by atoms with Gasteiger partial charge in [-0.25, -0.2) is 8.78 Å². The highest BCUT2D eigenvalue weighted by Gasteiger charge is 2.48. The summed E-state index contributed by atoms with van der Waals surface area (Å²) >= 11 is 0. The van der Waals surface area contributed by atoms with Gasteiger partial charge in [0.25, 0.3) is 5.92 Å². The Morgan fingerprint density at radius 2 is 1.63 bits per heavy atom. The van der Waals surface area contributed by atoms with Crippen molar-refractivity contribution in [3.63, 3.8) is 0 Å². The molecule has 0 amide bonds. The van der Waals surface area contributed by atoms with Crippen molar-refractivity contribution in [3.05, 3.63) is 35.4 Å². The highest BCUT2D eigenvalue weighted by atomic mass is 19.3. The van der Waals surface area contributed by atoms with Gasteiger partial charge in [-0.05, 0) is 32.3 Å². The van der Waals surface area contributed by atoms with Crippen LogP contribution in [0.15, 0.2) is 24.3 Å². The summed E-state index contributed by atoms with van der Waals surface area (Å²) in [5.41, 5.74) is -0.128. The number of ether oxygens (including phenoxy) is 1. The molecule has 1 saturated carbocycles. The number of carbonyl (C=O) groups excluding carboxylic acids is 1. The molecule has 19 heavy (non-hydrogen) atoms. The molecular formula is C15H18F2O2. The molecule has 1 aliphatic carbocycles. The maximum Gasteiger partial charge on any atom is 0.315 e. The van der Waals surface area contributed by atoms with Crippen LogP contribution in [0.3, 0.4) is 0 Å². The molecule has 0 aliphatic heterocycles. The molecule has 0 unspecified atom stereocenters. The van der Waals surface area contributed by atoms with Gasteiger partial charge in [0, 0.05) is 11.5 Å². The lowest BCUT2D eigenvalue weighted by Crippen LogP contribution is -2.30. The van der Waals surface area contributed by atoms with E-state index in [9.17, 15) is 13.6 Å². The molecule has 0 heterocycles. The second-order valence-corrected chi connectivity index (χ2v) is 5.59. The van der Waals surface area contributed by atoms with Gasteiger partial charge in [-0.1, -0.05) is 24.3 Å². The van der Waals surface area contributed by atoms with Gasteiger partial charge in [0.15, 0.2) is 0 Å². The molecule has 1 aliphatic rings. The fraction of sp³-hybridized carbons (Fsp3) is 0.533. The van der Waals surface area contributed by atoms with Gasteiger partial charge in [0.05, 0.1) is 12.5 Å². The van der Waals surface area contributed by atoms with Crippen LogP contribution in [0, 0.1) is 5.92 Å². The van der Waals surface area contributed by atoms with E-state index < -0.39 is 17.3 Å². The number of carbonyl (C=O) groups is 1. The quantitative estimate of drug-likeness (QED) is 0.779. The Balaban J connectivity index is 2.25. The van der Waals surface area contributed by atoms with E-state index in [4.69, 9.17) is 4.74 Å². The van der Waals surface area contributed by atoms with Gasteiger partial charge >= 0.3 is 5.97 Å². The van der Waals surface area contributed by atoms with Crippen LogP contribution < -0.4 is 0 Å². The van der Waals surface area contributed by atoms with Crippen LogP contribution >= 0.6 is 0 Å². The molecule has 4 heteroatoms. The molecule has 0 aromatic heterocycles. The summed E-state index contributed by atoms with van der Waals surface area (Å²) in [4.78, 5) is 11.7. The van der Waals surface area contributed by atoms with Gasteiger partial charge in [-0.15, -0.1) is 0 Å². The van der Waals surface area contributed by atoms with E-state index in [0.717, 1.165) is 0 Å².